The van der Waals surface area contributed by atoms with Crippen molar-refractivity contribution < 1.29 is 18.7 Å². The van der Waals surface area contributed by atoms with Gasteiger partial charge in [-0.2, -0.15) is 11.8 Å². The first-order valence-electron chi connectivity index (χ1n) is 6.53. The molecule has 1 aliphatic carbocycles. The quantitative estimate of drug-likeness (QED) is 0.877. The van der Waals surface area contributed by atoms with Gasteiger partial charge in [0.15, 0.2) is 11.6 Å². The molecule has 1 aromatic rings. The van der Waals surface area contributed by atoms with Crippen LogP contribution in [0.1, 0.15) is 30.1 Å². The fourth-order valence-corrected chi connectivity index (χ4v) is 3.41. The highest BCUT2D eigenvalue weighted by Gasteiger charge is 2.45. The normalized spacial score (nSPS) is 25.1. The average Bonchev–Trinajstić information content (AvgIpc) is 2.43. The van der Waals surface area contributed by atoms with E-state index in [1.165, 1.54) is 6.07 Å². The number of carbonyl (C=O) groups excluding carboxylic acids is 1. The fraction of sp³-hybridized carbons (Fsp3) is 0.500. The van der Waals surface area contributed by atoms with Crippen LogP contribution in [0.15, 0.2) is 18.2 Å². The molecule has 1 aliphatic rings. The third kappa shape index (κ3) is 3.12. The lowest BCUT2D eigenvalue weighted by atomic mass is 9.79. The maximum Gasteiger partial charge on any atom is 0.251 e. The van der Waals surface area contributed by atoms with Crippen LogP contribution in [0.4, 0.5) is 8.78 Å². The molecule has 0 unspecified atom stereocenters. The Morgan fingerprint density at radius 1 is 1.50 bits per heavy atom. The van der Waals surface area contributed by atoms with Gasteiger partial charge in [0.05, 0.1) is 5.60 Å². The number of halogens is 2. The van der Waals surface area contributed by atoms with Crippen LogP contribution in [0.25, 0.3) is 0 Å². The third-order valence-corrected chi connectivity index (χ3v) is 4.95. The lowest BCUT2D eigenvalue weighted by molar-refractivity contribution is -0.0221. The molecule has 6 heteroatoms. The van der Waals surface area contributed by atoms with E-state index in [1.54, 1.807) is 11.8 Å². The van der Waals surface area contributed by atoms with E-state index in [9.17, 15) is 18.7 Å². The van der Waals surface area contributed by atoms with Gasteiger partial charge in [-0.05, 0) is 36.8 Å². The zero-order valence-corrected chi connectivity index (χ0v) is 12.0. The van der Waals surface area contributed by atoms with Gasteiger partial charge in [-0.25, -0.2) is 8.78 Å². The van der Waals surface area contributed by atoms with Crippen molar-refractivity contribution in [3.8, 4) is 0 Å². The summed E-state index contributed by atoms with van der Waals surface area (Å²) in [5.41, 5.74) is -0.846. The van der Waals surface area contributed by atoms with Crippen molar-refractivity contribution in [2.45, 2.75) is 30.6 Å². The number of benzene rings is 1. The molecule has 1 amide bonds. The summed E-state index contributed by atoms with van der Waals surface area (Å²) in [6, 6.07) is 2.99. The molecule has 0 spiro atoms. The van der Waals surface area contributed by atoms with E-state index in [2.05, 4.69) is 5.32 Å². The lowest BCUT2D eigenvalue weighted by Crippen LogP contribution is -2.57. The van der Waals surface area contributed by atoms with Crippen molar-refractivity contribution in [2.24, 2.45) is 0 Å². The SMILES string of the molecule is CCS[C@H]1CC[C@]1(O)CNC(=O)c1ccc(F)c(F)c1. The summed E-state index contributed by atoms with van der Waals surface area (Å²) in [7, 11) is 0. The number of nitrogens with one attached hydrogen (secondary N) is 1. The Kier molecular flexibility index (Phi) is 4.65. The first-order chi connectivity index (χ1) is 9.46. The van der Waals surface area contributed by atoms with E-state index in [0.717, 1.165) is 24.3 Å². The number of carbonyl (C=O) groups is 1. The van der Waals surface area contributed by atoms with Gasteiger partial charge in [-0.15, -0.1) is 0 Å². The Hall–Kier alpha value is -1.14. The largest absolute Gasteiger partial charge is 0.387 e. The van der Waals surface area contributed by atoms with Gasteiger partial charge >= 0.3 is 0 Å². The van der Waals surface area contributed by atoms with E-state index in [0.29, 0.717) is 6.42 Å². The molecule has 0 radical (unpaired) electrons. The standard InChI is InChI=1S/C14H17F2NO2S/c1-2-20-12-5-6-14(12,19)8-17-13(18)9-3-4-10(15)11(16)7-9/h3-4,7,12,19H,2,5-6,8H2,1H3,(H,17,18)/t12-,14-/m0/s1. The molecule has 0 heterocycles. The molecule has 0 saturated heterocycles. The van der Waals surface area contributed by atoms with E-state index in [4.69, 9.17) is 0 Å². The topological polar surface area (TPSA) is 49.3 Å². The summed E-state index contributed by atoms with van der Waals surface area (Å²) in [6.07, 6.45) is 1.57. The smallest absolute Gasteiger partial charge is 0.251 e. The molecule has 0 aromatic heterocycles. The number of aliphatic hydroxyl groups is 1. The number of hydrogen-bond acceptors (Lipinski definition) is 3. The molecule has 0 bridgehead atoms. The predicted molar refractivity (Wildman–Crippen MR) is 74.8 cm³/mol. The molecule has 20 heavy (non-hydrogen) atoms. The van der Waals surface area contributed by atoms with Crippen LogP contribution >= 0.6 is 11.8 Å². The van der Waals surface area contributed by atoms with Crippen molar-refractivity contribution in [3.63, 3.8) is 0 Å². The average molecular weight is 301 g/mol. The number of amides is 1. The molecule has 2 N–H and O–H groups in total. The molecule has 2 rings (SSSR count). The minimum absolute atomic E-state index is 0.0477. The van der Waals surface area contributed by atoms with Crippen LogP contribution in [0.5, 0.6) is 0 Å². The second-order valence-electron chi connectivity index (χ2n) is 4.90. The zero-order valence-electron chi connectivity index (χ0n) is 11.2. The molecule has 110 valence electrons. The van der Waals surface area contributed by atoms with Crippen LogP contribution < -0.4 is 5.32 Å². The molecule has 3 nitrogen and oxygen atoms in total. The maximum absolute atomic E-state index is 13.0. The zero-order chi connectivity index (χ0) is 14.8. The summed E-state index contributed by atoms with van der Waals surface area (Å²) in [4.78, 5) is 11.8. The van der Waals surface area contributed by atoms with Crippen molar-refractivity contribution in [3.05, 3.63) is 35.4 Å². The van der Waals surface area contributed by atoms with Gasteiger partial charge in [0, 0.05) is 17.4 Å². The van der Waals surface area contributed by atoms with Gasteiger partial charge in [-0.3, -0.25) is 4.79 Å². The predicted octanol–water partition coefficient (Wildman–Crippen LogP) is 2.34. The molecule has 1 saturated carbocycles. The van der Waals surface area contributed by atoms with E-state index >= 15 is 0 Å². The fourth-order valence-electron chi connectivity index (χ4n) is 2.21. The first kappa shape index (κ1) is 15.3. The van der Waals surface area contributed by atoms with Gasteiger partial charge < -0.3 is 10.4 Å². The Morgan fingerprint density at radius 2 is 2.25 bits per heavy atom. The summed E-state index contributed by atoms with van der Waals surface area (Å²) >= 11 is 1.67. The Morgan fingerprint density at radius 3 is 2.80 bits per heavy atom. The van der Waals surface area contributed by atoms with Gasteiger partial charge in [-0.1, -0.05) is 6.92 Å². The van der Waals surface area contributed by atoms with Gasteiger partial charge in [0.25, 0.3) is 5.91 Å². The number of rotatable bonds is 5. The highest BCUT2D eigenvalue weighted by atomic mass is 32.2. The first-order valence-corrected chi connectivity index (χ1v) is 7.58. The van der Waals surface area contributed by atoms with Crippen LogP contribution in [-0.2, 0) is 0 Å². The van der Waals surface area contributed by atoms with Crippen LogP contribution in [0.3, 0.4) is 0 Å². The lowest BCUT2D eigenvalue weighted by Gasteiger charge is -2.45. The minimum Gasteiger partial charge on any atom is -0.387 e. The number of hydrogen-bond donors (Lipinski definition) is 2. The molecule has 1 aromatic carbocycles. The van der Waals surface area contributed by atoms with E-state index < -0.39 is 23.1 Å². The van der Waals surface area contributed by atoms with Gasteiger partial charge in [0.1, 0.15) is 0 Å². The minimum atomic E-state index is -1.06. The highest BCUT2D eigenvalue weighted by Crippen LogP contribution is 2.40. The maximum atomic E-state index is 13.0. The molecule has 1 fully saturated rings. The summed E-state index contributed by atoms with van der Waals surface area (Å²) in [5.74, 6) is -1.65. The van der Waals surface area contributed by atoms with Crippen molar-refractivity contribution in [1.82, 2.24) is 5.32 Å². The third-order valence-electron chi connectivity index (χ3n) is 3.54. The van der Waals surface area contributed by atoms with Crippen LogP contribution in [-0.4, -0.2) is 34.2 Å². The Bertz CT molecular complexity index is 512. The highest BCUT2D eigenvalue weighted by molar-refractivity contribution is 8.00. The van der Waals surface area contributed by atoms with Crippen LogP contribution in [0, 0.1) is 11.6 Å². The second kappa shape index (κ2) is 6.10. The van der Waals surface area contributed by atoms with E-state index in [-0.39, 0.29) is 17.4 Å². The van der Waals surface area contributed by atoms with Crippen molar-refractivity contribution in [2.75, 3.05) is 12.3 Å². The van der Waals surface area contributed by atoms with E-state index in [1.807, 2.05) is 6.92 Å². The molecule has 2 atom stereocenters. The summed E-state index contributed by atoms with van der Waals surface area (Å²) < 4.78 is 25.8. The van der Waals surface area contributed by atoms with Crippen molar-refractivity contribution >= 4 is 17.7 Å². The van der Waals surface area contributed by atoms with Gasteiger partial charge in [0.2, 0.25) is 0 Å². The molecular formula is C14H17F2NO2S. The second-order valence-corrected chi connectivity index (χ2v) is 6.38. The Labute approximate surface area is 120 Å². The monoisotopic (exact) mass is 301 g/mol. The Balaban J connectivity index is 1.93. The number of thioether (sulfide) groups is 1. The molecule has 0 aliphatic heterocycles. The summed E-state index contributed by atoms with van der Waals surface area (Å²) in [6.45, 7) is 2.14. The van der Waals surface area contributed by atoms with Crippen LogP contribution in [0.2, 0.25) is 0 Å². The summed E-state index contributed by atoms with van der Waals surface area (Å²) in [5, 5.41) is 13.0. The van der Waals surface area contributed by atoms with Crippen molar-refractivity contribution in [1.29, 1.82) is 0 Å². The molecular weight excluding hydrogens is 284 g/mol.